The predicted molar refractivity (Wildman–Crippen MR) is 105 cm³/mol. The van der Waals surface area contributed by atoms with Gasteiger partial charge in [-0.25, -0.2) is 4.79 Å². The first-order chi connectivity index (χ1) is 13.5. The first kappa shape index (κ1) is 21.5. The molecule has 0 aliphatic carbocycles. The van der Waals surface area contributed by atoms with E-state index in [2.05, 4.69) is 0 Å². The number of ether oxygens (including phenoxy) is 2. The molecular formula is C21H28N2O5. The largest absolute Gasteiger partial charge is 0.469 e. The normalized spacial score (nSPS) is 14.7. The molecule has 152 valence electrons. The molecule has 2 amide bonds. The van der Waals surface area contributed by atoms with Crippen molar-refractivity contribution in [2.45, 2.75) is 32.2 Å². The Kier molecular flexibility index (Phi) is 8.52. The summed E-state index contributed by atoms with van der Waals surface area (Å²) in [5.41, 5.74) is 0.931. The van der Waals surface area contributed by atoms with Crippen molar-refractivity contribution < 1.29 is 23.9 Å². The molecule has 0 bridgehead atoms. The highest BCUT2D eigenvalue weighted by Gasteiger charge is 2.29. The Balaban J connectivity index is 2.02. The fourth-order valence-corrected chi connectivity index (χ4v) is 3.19. The second-order valence-electron chi connectivity index (χ2n) is 6.52. The van der Waals surface area contributed by atoms with Gasteiger partial charge in [0.05, 0.1) is 20.1 Å². The van der Waals surface area contributed by atoms with E-state index in [0.29, 0.717) is 32.5 Å². The van der Waals surface area contributed by atoms with E-state index in [-0.39, 0.29) is 37.0 Å². The summed E-state index contributed by atoms with van der Waals surface area (Å²) in [5, 5.41) is 0. The Hall–Kier alpha value is -2.83. The molecule has 1 heterocycles. The lowest BCUT2D eigenvalue weighted by molar-refractivity contribution is -0.141. The number of likely N-dealkylation sites (tertiary alicyclic amines) is 1. The van der Waals surface area contributed by atoms with Gasteiger partial charge in [0.1, 0.15) is 0 Å². The molecule has 0 saturated carbocycles. The summed E-state index contributed by atoms with van der Waals surface area (Å²) >= 11 is 0. The number of amides is 2. The Labute approximate surface area is 165 Å². The number of benzene rings is 1. The van der Waals surface area contributed by atoms with Gasteiger partial charge in [-0.05, 0) is 31.4 Å². The topological polar surface area (TPSA) is 76.2 Å². The average Bonchev–Trinajstić information content (AvgIpc) is 2.73. The van der Waals surface area contributed by atoms with Gasteiger partial charge >= 0.3 is 12.1 Å². The van der Waals surface area contributed by atoms with Crippen LogP contribution in [0.15, 0.2) is 36.4 Å². The molecule has 0 unspecified atom stereocenters. The smallest absolute Gasteiger partial charge is 0.409 e. The van der Waals surface area contributed by atoms with Crippen LogP contribution in [0.2, 0.25) is 0 Å². The van der Waals surface area contributed by atoms with Crippen molar-refractivity contribution in [1.82, 2.24) is 9.80 Å². The third kappa shape index (κ3) is 6.40. The monoisotopic (exact) mass is 388 g/mol. The predicted octanol–water partition coefficient (Wildman–Crippen LogP) is 2.71. The number of hydrogen-bond donors (Lipinski definition) is 0. The highest BCUT2D eigenvalue weighted by molar-refractivity contribution is 5.92. The first-order valence-corrected chi connectivity index (χ1v) is 9.57. The standard InChI is InChI=1S/C21H28N2O5/c1-3-28-21(26)22-14-11-18(12-15-22)23(16-13-20(25)27-2)19(24)10-9-17-7-5-4-6-8-17/h4-10,18H,3,11-16H2,1-2H3/b10-9+. The lowest BCUT2D eigenvalue weighted by Crippen LogP contribution is -2.49. The number of carbonyl (C=O) groups is 3. The van der Waals surface area contributed by atoms with Crippen molar-refractivity contribution in [2.24, 2.45) is 0 Å². The molecule has 0 N–H and O–H groups in total. The molecule has 1 aromatic carbocycles. The molecule has 0 aromatic heterocycles. The Morgan fingerprint density at radius 2 is 1.86 bits per heavy atom. The zero-order valence-corrected chi connectivity index (χ0v) is 16.5. The number of carbonyl (C=O) groups excluding carboxylic acids is 3. The maximum Gasteiger partial charge on any atom is 0.409 e. The Morgan fingerprint density at radius 3 is 2.46 bits per heavy atom. The summed E-state index contributed by atoms with van der Waals surface area (Å²) in [6, 6.07) is 9.53. The van der Waals surface area contributed by atoms with Crippen LogP contribution in [0.4, 0.5) is 4.79 Å². The molecule has 1 aliphatic rings. The quantitative estimate of drug-likeness (QED) is 0.530. The molecule has 0 atom stereocenters. The van der Waals surface area contributed by atoms with Gasteiger partial charge < -0.3 is 19.3 Å². The Bertz CT molecular complexity index is 681. The minimum atomic E-state index is -0.353. The minimum Gasteiger partial charge on any atom is -0.469 e. The van der Waals surface area contributed by atoms with Crippen LogP contribution in [0, 0.1) is 0 Å². The molecule has 1 aliphatic heterocycles. The van der Waals surface area contributed by atoms with Gasteiger partial charge in [-0.2, -0.15) is 0 Å². The van der Waals surface area contributed by atoms with Crippen LogP contribution in [0.1, 0.15) is 31.7 Å². The third-order valence-electron chi connectivity index (χ3n) is 4.72. The van der Waals surface area contributed by atoms with Crippen LogP contribution in [-0.2, 0) is 19.1 Å². The van der Waals surface area contributed by atoms with Crippen LogP contribution in [-0.4, -0.2) is 67.2 Å². The molecule has 1 aromatic rings. The zero-order chi connectivity index (χ0) is 20.4. The number of methoxy groups -OCH3 is 1. The number of piperidine rings is 1. The highest BCUT2D eigenvalue weighted by Crippen LogP contribution is 2.19. The average molecular weight is 388 g/mol. The Morgan fingerprint density at radius 1 is 1.18 bits per heavy atom. The summed E-state index contributed by atoms with van der Waals surface area (Å²) < 4.78 is 9.75. The van der Waals surface area contributed by atoms with E-state index in [9.17, 15) is 14.4 Å². The van der Waals surface area contributed by atoms with Crippen molar-refractivity contribution in [3.05, 3.63) is 42.0 Å². The van der Waals surface area contributed by atoms with Crippen LogP contribution in [0.5, 0.6) is 0 Å². The van der Waals surface area contributed by atoms with Crippen molar-refractivity contribution in [3.63, 3.8) is 0 Å². The summed E-state index contributed by atoms with van der Waals surface area (Å²) in [6.07, 6.45) is 4.40. The summed E-state index contributed by atoms with van der Waals surface area (Å²) in [4.78, 5) is 39.6. The molecule has 2 rings (SSSR count). The number of esters is 1. The second kappa shape index (κ2) is 11.1. The van der Waals surface area contributed by atoms with Gasteiger partial charge in [-0.3, -0.25) is 9.59 Å². The summed E-state index contributed by atoms with van der Waals surface area (Å²) in [7, 11) is 1.33. The highest BCUT2D eigenvalue weighted by atomic mass is 16.6. The van der Waals surface area contributed by atoms with Gasteiger partial charge in [-0.15, -0.1) is 0 Å². The summed E-state index contributed by atoms with van der Waals surface area (Å²) in [6.45, 7) is 3.44. The first-order valence-electron chi connectivity index (χ1n) is 9.57. The van der Waals surface area contributed by atoms with Crippen LogP contribution >= 0.6 is 0 Å². The molecule has 28 heavy (non-hydrogen) atoms. The van der Waals surface area contributed by atoms with E-state index in [1.165, 1.54) is 13.2 Å². The SMILES string of the molecule is CCOC(=O)N1CCC(N(CCC(=O)OC)C(=O)/C=C/c2ccccc2)CC1. The van der Waals surface area contributed by atoms with Crippen LogP contribution in [0.25, 0.3) is 6.08 Å². The van der Waals surface area contributed by atoms with Crippen LogP contribution < -0.4 is 0 Å². The molecule has 7 nitrogen and oxygen atoms in total. The van der Waals surface area contributed by atoms with E-state index >= 15 is 0 Å². The lowest BCUT2D eigenvalue weighted by atomic mass is 10.0. The molecule has 1 saturated heterocycles. The number of hydrogen-bond acceptors (Lipinski definition) is 5. The van der Waals surface area contributed by atoms with Gasteiger partial charge in [0.2, 0.25) is 5.91 Å². The van der Waals surface area contributed by atoms with E-state index in [1.54, 1.807) is 22.8 Å². The fraction of sp³-hybridized carbons (Fsp3) is 0.476. The molecule has 1 fully saturated rings. The molecule has 0 radical (unpaired) electrons. The van der Waals surface area contributed by atoms with Gasteiger partial charge in [0.25, 0.3) is 0 Å². The minimum absolute atomic E-state index is 0.0387. The van der Waals surface area contributed by atoms with E-state index in [4.69, 9.17) is 9.47 Å². The van der Waals surface area contributed by atoms with Crippen molar-refractivity contribution in [3.8, 4) is 0 Å². The summed E-state index contributed by atoms with van der Waals surface area (Å²) in [5.74, 6) is -0.504. The molecule has 7 heteroatoms. The van der Waals surface area contributed by atoms with Crippen molar-refractivity contribution >= 4 is 24.0 Å². The molecular weight excluding hydrogens is 360 g/mol. The maximum absolute atomic E-state index is 12.8. The van der Waals surface area contributed by atoms with Gasteiger partial charge in [0, 0.05) is 31.8 Å². The maximum atomic E-state index is 12.8. The zero-order valence-electron chi connectivity index (χ0n) is 16.5. The number of rotatable bonds is 7. The fourth-order valence-electron chi connectivity index (χ4n) is 3.19. The van der Waals surface area contributed by atoms with Crippen molar-refractivity contribution in [2.75, 3.05) is 33.4 Å². The number of nitrogens with zero attached hydrogens (tertiary/aromatic N) is 2. The van der Waals surface area contributed by atoms with Gasteiger partial charge in [-0.1, -0.05) is 30.3 Å². The van der Waals surface area contributed by atoms with Crippen LogP contribution in [0.3, 0.4) is 0 Å². The van der Waals surface area contributed by atoms with E-state index < -0.39 is 0 Å². The van der Waals surface area contributed by atoms with E-state index in [0.717, 1.165) is 5.56 Å². The second-order valence-corrected chi connectivity index (χ2v) is 6.52. The van der Waals surface area contributed by atoms with Crippen molar-refractivity contribution in [1.29, 1.82) is 0 Å². The van der Waals surface area contributed by atoms with E-state index in [1.807, 2.05) is 30.3 Å². The third-order valence-corrected chi connectivity index (χ3v) is 4.72. The lowest BCUT2D eigenvalue weighted by Gasteiger charge is -2.37. The molecule has 0 spiro atoms. The van der Waals surface area contributed by atoms with Gasteiger partial charge in [0.15, 0.2) is 0 Å².